The summed E-state index contributed by atoms with van der Waals surface area (Å²) < 4.78 is 0. The molecule has 2 rings (SSSR count). The minimum Gasteiger partial charge on any atom is -0.481 e. The molecule has 1 aromatic carbocycles. The summed E-state index contributed by atoms with van der Waals surface area (Å²) in [6.45, 7) is 4.41. The number of carboxylic acid groups (broad SMARTS) is 1. The Bertz CT molecular complexity index is 473. The van der Waals surface area contributed by atoms with E-state index in [0.29, 0.717) is 18.4 Å². The van der Waals surface area contributed by atoms with Crippen molar-refractivity contribution in [3.8, 4) is 0 Å². The predicted molar refractivity (Wildman–Crippen MR) is 80.3 cm³/mol. The number of fused-ring (bicyclic) bond motifs is 1. The first-order chi connectivity index (χ1) is 9.00. The van der Waals surface area contributed by atoms with Gasteiger partial charge < -0.3 is 10.0 Å². The molecule has 1 aromatic rings. The Balaban J connectivity index is 2.26. The van der Waals surface area contributed by atoms with Crippen LogP contribution in [0, 0.1) is 0 Å². The minimum atomic E-state index is -0.707. The average molecular weight is 279 g/mol. The molecule has 1 unspecified atom stereocenters. The Morgan fingerprint density at radius 2 is 2.26 bits per heavy atom. The summed E-state index contributed by atoms with van der Waals surface area (Å²) in [7, 11) is 2.09. The number of rotatable bonds is 4. The van der Waals surface area contributed by atoms with Gasteiger partial charge in [-0.25, -0.2) is 0 Å². The van der Waals surface area contributed by atoms with E-state index in [1.807, 2.05) is 11.8 Å². The first-order valence-electron chi connectivity index (χ1n) is 6.71. The Morgan fingerprint density at radius 1 is 1.53 bits per heavy atom. The number of carbonyl (C=O) groups is 1. The minimum absolute atomic E-state index is 0.245. The molecule has 0 saturated carbocycles. The maximum absolute atomic E-state index is 10.7. The Labute approximate surface area is 119 Å². The van der Waals surface area contributed by atoms with Crippen molar-refractivity contribution in [2.45, 2.75) is 43.5 Å². The highest BCUT2D eigenvalue weighted by molar-refractivity contribution is 7.99. The van der Waals surface area contributed by atoms with Gasteiger partial charge in [-0.1, -0.05) is 26.0 Å². The van der Waals surface area contributed by atoms with E-state index in [4.69, 9.17) is 5.11 Å². The second kappa shape index (κ2) is 5.87. The molecule has 1 atom stereocenters. The number of nitrogens with zero attached hydrogens (tertiary/aromatic N) is 1. The fraction of sp³-hybridized carbons (Fsp3) is 0.533. The number of aliphatic carboxylic acids is 1. The molecular formula is C15H21NO2S. The lowest BCUT2D eigenvalue weighted by atomic mass is 9.99. The molecule has 19 heavy (non-hydrogen) atoms. The normalized spacial score (nSPS) is 18.5. The maximum atomic E-state index is 10.7. The van der Waals surface area contributed by atoms with Crippen LogP contribution in [0.15, 0.2) is 23.1 Å². The standard InChI is InChI=1S/C15H21NO2S/c1-10(2)12-5-4-6-13-15(12)16(3)11(9-19-13)7-8-14(17)18/h4-6,10-11H,7-9H2,1-3H3,(H,17,18). The molecule has 0 aliphatic carbocycles. The van der Waals surface area contributed by atoms with Gasteiger partial charge in [0.05, 0.1) is 5.69 Å². The first kappa shape index (κ1) is 14.3. The molecule has 4 heteroatoms. The van der Waals surface area contributed by atoms with Crippen LogP contribution < -0.4 is 4.90 Å². The predicted octanol–water partition coefficient (Wildman–Crippen LogP) is 3.59. The lowest BCUT2D eigenvalue weighted by Crippen LogP contribution is -2.37. The summed E-state index contributed by atoms with van der Waals surface area (Å²) >= 11 is 1.85. The summed E-state index contributed by atoms with van der Waals surface area (Å²) in [6, 6.07) is 6.77. The zero-order valence-corrected chi connectivity index (χ0v) is 12.5. The molecule has 1 aliphatic heterocycles. The van der Waals surface area contributed by atoms with Crippen LogP contribution >= 0.6 is 11.8 Å². The number of thioether (sulfide) groups is 1. The fourth-order valence-electron chi connectivity index (χ4n) is 2.55. The molecule has 0 spiro atoms. The summed E-state index contributed by atoms with van der Waals surface area (Å²) in [6.07, 6.45) is 0.958. The zero-order valence-electron chi connectivity index (χ0n) is 11.7. The molecule has 0 bridgehead atoms. The molecular weight excluding hydrogens is 258 g/mol. The first-order valence-corrected chi connectivity index (χ1v) is 7.69. The second-order valence-corrected chi connectivity index (χ2v) is 6.42. The van der Waals surface area contributed by atoms with E-state index >= 15 is 0 Å². The van der Waals surface area contributed by atoms with E-state index in [9.17, 15) is 4.79 Å². The highest BCUT2D eigenvalue weighted by atomic mass is 32.2. The third kappa shape index (κ3) is 3.06. The lowest BCUT2D eigenvalue weighted by molar-refractivity contribution is -0.137. The van der Waals surface area contributed by atoms with Gasteiger partial charge in [-0.05, 0) is 24.0 Å². The van der Waals surface area contributed by atoms with Crippen molar-refractivity contribution in [2.24, 2.45) is 0 Å². The highest BCUT2D eigenvalue weighted by Gasteiger charge is 2.27. The van der Waals surface area contributed by atoms with Gasteiger partial charge in [0.1, 0.15) is 0 Å². The Kier molecular flexibility index (Phi) is 4.40. The van der Waals surface area contributed by atoms with Crippen molar-refractivity contribution in [3.63, 3.8) is 0 Å². The van der Waals surface area contributed by atoms with Gasteiger partial charge in [0.2, 0.25) is 0 Å². The summed E-state index contributed by atoms with van der Waals surface area (Å²) in [5, 5.41) is 8.84. The van der Waals surface area contributed by atoms with Crippen LogP contribution in [0.1, 0.15) is 38.2 Å². The van der Waals surface area contributed by atoms with Crippen molar-refractivity contribution in [3.05, 3.63) is 23.8 Å². The highest BCUT2D eigenvalue weighted by Crippen LogP contribution is 2.42. The van der Waals surface area contributed by atoms with Gasteiger partial charge in [0.25, 0.3) is 0 Å². The van der Waals surface area contributed by atoms with E-state index in [0.717, 1.165) is 5.75 Å². The van der Waals surface area contributed by atoms with Crippen molar-refractivity contribution < 1.29 is 9.90 Å². The molecule has 0 aromatic heterocycles. The van der Waals surface area contributed by atoms with Gasteiger partial charge in [-0.3, -0.25) is 4.79 Å². The van der Waals surface area contributed by atoms with Gasteiger partial charge in [0.15, 0.2) is 0 Å². The molecule has 1 heterocycles. The largest absolute Gasteiger partial charge is 0.481 e. The SMILES string of the molecule is CC(C)c1cccc2c1N(C)C(CCC(=O)O)CS2. The Hall–Kier alpha value is -1.16. The third-order valence-corrected chi connectivity index (χ3v) is 4.87. The van der Waals surface area contributed by atoms with Crippen molar-refractivity contribution in [1.29, 1.82) is 0 Å². The lowest BCUT2D eigenvalue weighted by Gasteiger charge is -2.37. The van der Waals surface area contributed by atoms with E-state index < -0.39 is 5.97 Å². The van der Waals surface area contributed by atoms with Gasteiger partial charge in [-0.2, -0.15) is 0 Å². The monoisotopic (exact) mass is 279 g/mol. The number of hydrogen-bond donors (Lipinski definition) is 1. The molecule has 0 radical (unpaired) electrons. The van der Waals surface area contributed by atoms with Crippen LogP contribution in [-0.4, -0.2) is 29.9 Å². The molecule has 104 valence electrons. The number of anilines is 1. The fourth-order valence-corrected chi connectivity index (χ4v) is 3.88. The van der Waals surface area contributed by atoms with Crippen LogP contribution in [0.3, 0.4) is 0 Å². The van der Waals surface area contributed by atoms with Crippen molar-refractivity contribution in [1.82, 2.24) is 0 Å². The van der Waals surface area contributed by atoms with Crippen LogP contribution in [0.2, 0.25) is 0 Å². The number of benzene rings is 1. The van der Waals surface area contributed by atoms with Crippen molar-refractivity contribution >= 4 is 23.4 Å². The molecule has 0 amide bonds. The quantitative estimate of drug-likeness (QED) is 0.914. The number of para-hydroxylation sites is 1. The van der Waals surface area contributed by atoms with Gasteiger partial charge in [0, 0.05) is 30.2 Å². The Morgan fingerprint density at radius 3 is 2.89 bits per heavy atom. The summed E-state index contributed by atoms with van der Waals surface area (Å²) in [5.74, 6) is 0.746. The van der Waals surface area contributed by atoms with E-state index in [-0.39, 0.29) is 6.42 Å². The second-order valence-electron chi connectivity index (χ2n) is 5.36. The van der Waals surface area contributed by atoms with Crippen molar-refractivity contribution in [2.75, 3.05) is 17.7 Å². The molecule has 3 nitrogen and oxygen atoms in total. The maximum Gasteiger partial charge on any atom is 0.303 e. The molecule has 1 aliphatic rings. The van der Waals surface area contributed by atoms with E-state index in [2.05, 4.69) is 44.0 Å². The van der Waals surface area contributed by atoms with Crippen LogP contribution in [0.5, 0.6) is 0 Å². The number of carboxylic acids is 1. The van der Waals surface area contributed by atoms with E-state index in [1.54, 1.807) is 0 Å². The molecule has 0 fully saturated rings. The summed E-state index contributed by atoms with van der Waals surface area (Å²) in [5.41, 5.74) is 2.65. The van der Waals surface area contributed by atoms with Gasteiger partial charge in [-0.15, -0.1) is 11.8 Å². The zero-order chi connectivity index (χ0) is 14.0. The molecule has 1 N–H and O–H groups in total. The average Bonchev–Trinajstić information content (AvgIpc) is 2.37. The summed E-state index contributed by atoms with van der Waals surface area (Å²) in [4.78, 5) is 14.3. The van der Waals surface area contributed by atoms with E-state index in [1.165, 1.54) is 16.1 Å². The third-order valence-electron chi connectivity index (χ3n) is 3.68. The molecule has 0 saturated heterocycles. The van der Waals surface area contributed by atoms with Crippen LogP contribution in [0.4, 0.5) is 5.69 Å². The van der Waals surface area contributed by atoms with Crippen LogP contribution in [-0.2, 0) is 4.79 Å². The van der Waals surface area contributed by atoms with Gasteiger partial charge >= 0.3 is 5.97 Å². The smallest absolute Gasteiger partial charge is 0.303 e. The number of hydrogen-bond acceptors (Lipinski definition) is 3. The topological polar surface area (TPSA) is 40.5 Å². The van der Waals surface area contributed by atoms with Crippen LogP contribution in [0.25, 0.3) is 0 Å².